The Morgan fingerprint density at radius 3 is 1.68 bits per heavy atom. The number of amides is 4. The standard InChI is InChI=1S/C55H62N6O7/c1-36(34-46(62)44-20-14-32-60(44)50(63)47(41-16-10-8-11-17-41)58-52(65)67-54(2,3)4)39-28-24-37(25-29-39)22-23-38-26-30-40(31-27-38)43-35-56-49(57-43)45-21-15-33-61(45)51(64)48(42-18-12-9-13-19-42)59-53(66)68-55(5,6)7/h8-13,16-19,24-31,35-36,44-45,47-48H,14-15,20-21,32-34H2,1-7H3,(H,56,57)(H,58,65)(H,59,66)/t36-,44?,45?,47-,48-/m1/s1. The van der Waals surface area contributed by atoms with Crippen LogP contribution in [0.5, 0.6) is 0 Å². The molecule has 13 heteroatoms. The highest BCUT2D eigenvalue weighted by Gasteiger charge is 2.40. The number of nitrogens with zero attached hydrogens (tertiary/aromatic N) is 3. The molecule has 0 radical (unpaired) electrons. The summed E-state index contributed by atoms with van der Waals surface area (Å²) in [5.41, 5.74) is 4.23. The first-order valence-electron chi connectivity index (χ1n) is 23.4. The first-order valence-corrected chi connectivity index (χ1v) is 23.4. The Bertz CT molecular complexity index is 2620. The summed E-state index contributed by atoms with van der Waals surface area (Å²) in [6, 6.07) is 31.2. The van der Waals surface area contributed by atoms with Crippen molar-refractivity contribution in [2.45, 2.75) is 122 Å². The Hall–Kier alpha value is -7.20. The topological polar surface area (TPSA) is 163 Å². The quantitative estimate of drug-likeness (QED) is 0.104. The fraction of sp³-hybridized carbons (Fsp3) is 0.382. The van der Waals surface area contributed by atoms with Crippen LogP contribution in [0.1, 0.15) is 138 Å². The average Bonchev–Trinajstić information content (AvgIpc) is 4.11. The van der Waals surface area contributed by atoms with E-state index in [1.807, 2.05) is 104 Å². The lowest BCUT2D eigenvalue weighted by Gasteiger charge is -2.30. The fourth-order valence-electron chi connectivity index (χ4n) is 8.71. The van der Waals surface area contributed by atoms with Crippen LogP contribution in [-0.4, -0.2) is 79.9 Å². The molecule has 354 valence electrons. The zero-order valence-electron chi connectivity index (χ0n) is 40.0. The number of ketones is 1. The van der Waals surface area contributed by atoms with Crippen LogP contribution in [0.2, 0.25) is 0 Å². The van der Waals surface area contributed by atoms with Crippen molar-refractivity contribution in [2.75, 3.05) is 13.1 Å². The molecule has 0 aliphatic carbocycles. The van der Waals surface area contributed by atoms with Gasteiger partial charge in [0.05, 0.1) is 24.0 Å². The number of nitrogens with one attached hydrogen (secondary N) is 3. The first-order chi connectivity index (χ1) is 32.4. The number of carbonyl (C=O) groups excluding carboxylic acids is 5. The van der Waals surface area contributed by atoms with E-state index in [1.165, 1.54) is 0 Å². The minimum absolute atomic E-state index is 0.0108. The number of ether oxygens (including phenoxy) is 2. The number of likely N-dealkylation sites (tertiary alicyclic amines) is 2. The van der Waals surface area contributed by atoms with Crippen LogP contribution in [0.25, 0.3) is 11.3 Å². The summed E-state index contributed by atoms with van der Waals surface area (Å²) >= 11 is 0. The highest BCUT2D eigenvalue weighted by Crippen LogP contribution is 2.35. The maximum Gasteiger partial charge on any atom is 0.408 e. The molecule has 2 aliphatic rings. The number of alkyl carbamates (subject to hydrolysis) is 2. The van der Waals surface area contributed by atoms with Gasteiger partial charge in [0.2, 0.25) is 0 Å². The molecule has 0 saturated carbocycles. The summed E-state index contributed by atoms with van der Waals surface area (Å²) in [5.74, 6) is 6.52. The molecular weight excluding hydrogens is 857 g/mol. The molecule has 3 N–H and O–H groups in total. The molecule has 1 aromatic heterocycles. The van der Waals surface area contributed by atoms with E-state index in [1.54, 1.807) is 69.7 Å². The molecule has 68 heavy (non-hydrogen) atoms. The summed E-state index contributed by atoms with van der Waals surface area (Å²) in [7, 11) is 0. The molecule has 4 aromatic carbocycles. The van der Waals surface area contributed by atoms with Crippen molar-refractivity contribution in [1.29, 1.82) is 0 Å². The van der Waals surface area contributed by atoms with Gasteiger partial charge in [-0.3, -0.25) is 14.4 Å². The maximum absolute atomic E-state index is 14.1. The largest absolute Gasteiger partial charge is 0.444 e. The fourth-order valence-corrected chi connectivity index (χ4v) is 8.71. The molecule has 7 rings (SSSR count). The van der Waals surface area contributed by atoms with Crippen LogP contribution < -0.4 is 10.6 Å². The highest BCUT2D eigenvalue weighted by atomic mass is 16.6. The van der Waals surface area contributed by atoms with E-state index in [0.717, 1.165) is 40.8 Å². The molecule has 2 aliphatic heterocycles. The number of rotatable bonds is 12. The normalized spacial score (nSPS) is 17.3. The molecule has 4 amide bonds. The molecule has 2 fully saturated rings. The number of H-pyrrole nitrogens is 1. The third kappa shape index (κ3) is 12.6. The number of benzene rings is 4. The zero-order chi connectivity index (χ0) is 48.6. The smallest absolute Gasteiger partial charge is 0.408 e. The highest BCUT2D eigenvalue weighted by molar-refractivity contribution is 5.93. The summed E-state index contributed by atoms with van der Waals surface area (Å²) in [5, 5.41) is 5.56. The van der Waals surface area contributed by atoms with Crippen molar-refractivity contribution in [2.24, 2.45) is 0 Å². The predicted octanol–water partition coefficient (Wildman–Crippen LogP) is 9.73. The predicted molar refractivity (Wildman–Crippen MR) is 260 cm³/mol. The molecule has 0 spiro atoms. The van der Waals surface area contributed by atoms with Gasteiger partial charge in [-0.15, -0.1) is 0 Å². The van der Waals surface area contributed by atoms with E-state index >= 15 is 0 Å². The summed E-state index contributed by atoms with van der Waals surface area (Å²) in [4.78, 5) is 79.2. The van der Waals surface area contributed by atoms with Gasteiger partial charge in [-0.05, 0) is 120 Å². The molecule has 5 aromatic rings. The minimum Gasteiger partial charge on any atom is -0.444 e. The Labute approximate surface area is 399 Å². The lowest BCUT2D eigenvalue weighted by molar-refractivity contribution is -0.139. The van der Waals surface area contributed by atoms with Crippen molar-refractivity contribution in [3.05, 3.63) is 149 Å². The van der Waals surface area contributed by atoms with Gasteiger partial charge in [-0.25, -0.2) is 14.6 Å². The Morgan fingerprint density at radius 2 is 1.15 bits per heavy atom. The summed E-state index contributed by atoms with van der Waals surface area (Å²) < 4.78 is 11.0. The number of Topliss-reactive ketones (excluding diaryl/α,β-unsaturated/α-hetero) is 1. The van der Waals surface area contributed by atoms with E-state index in [-0.39, 0.29) is 36.0 Å². The number of aromatic nitrogens is 2. The number of hydrogen-bond acceptors (Lipinski definition) is 8. The van der Waals surface area contributed by atoms with E-state index in [9.17, 15) is 24.0 Å². The summed E-state index contributed by atoms with van der Waals surface area (Å²) in [6.07, 6.45) is 3.48. The molecule has 13 nitrogen and oxygen atoms in total. The number of aromatic amines is 1. The van der Waals surface area contributed by atoms with Gasteiger partial charge in [0.15, 0.2) is 5.78 Å². The molecule has 2 unspecified atom stereocenters. The van der Waals surface area contributed by atoms with Crippen molar-refractivity contribution < 1.29 is 33.4 Å². The Kier molecular flexibility index (Phi) is 15.2. The second kappa shape index (κ2) is 21.2. The van der Waals surface area contributed by atoms with E-state index in [0.29, 0.717) is 42.9 Å². The van der Waals surface area contributed by atoms with Gasteiger partial charge in [0, 0.05) is 30.6 Å². The lowest BCUT2D eigenvalue weighted by Crippen LogP contribution is -2.48. The molecule has 3 heterocycles. The maximum atomic E-state index is 14.1. The second-order valence-corrected chi connectivity index (χ2v) is 19.6. The van der Waals surface area contributed by atoms with Crippen LogP contribution in [0, 0.1) is 11.8 Å². The van der Waals surface area contributed by atoms with Gasteiger partial charge in [-0.1, -0.05) is 104 Å². The average molecular weight is 919 g/mol. The van der Waals surface area contributed by atoms with Gasteiger partial charge >= 0.3 is 12.2 Å². The molecule has 2 saturated heterocycles. The first kappa shape index (κ1) is 48.7. The van der Waals surface area contributed by atoms with Crippen LogP contribution in [0.4, 0.5) is 9.59 Å². The number of carbonyl (C=O) groups is 5. The Balaban J connectivity index is 0.951. The number of imidazole rings is 1. The van der Waals surface area contributed by atoms with Crippen molar-refractivity contribution in [3.63, 3.8) is 0 Å². The van der Waals surface area contributed by atoms with Crippen molar-refractivity contribution in [3.8, 4) is 23.1 Å². The van der Waals surface area contributed by atoms with Crippen molar-refractivity contribution >= 4 is 29.8 Å². The van der Waals surface area contributed by atoms with E-state index < -0.39 is 41.5 Å². The van der Waals surface area contributed by atoms with Crippen LogP contribution in [0.15, 0.2) is 115 Å². The van der Waals surface area contributed by atoms with Crippen LogP contribution in [0.3, 0.4) is 0 Å². The molecule has 5 atom stereocenters. The minimum atomic E-state index is -0.986. The van der Waals surface area contributed by atoms with Gasteiger partial charge < -0.3 is 34.9 Å². The van der Waals surface area contributed by atoms with Crippen LogP contribution in [-0.2, 0) is 23.9 Å². The molecular formula is C55H62N6O7. The third-order valence-electron chi connectivity index (χ3n) is 12.0. The number of hydrogen-bond donors (Lipinski definition) is 3. The second-order valence-electron chi connectivity index (χ2n) is 19.6. The van der Waals surface area contributed by atoms with Gasteiger partial charge in [0.1, 0.15) is 29.1 Å². The van der Waals surface area contributed by atoms with Crippen LogP contribution >= 0.6 is 0 Å². The summed E-state index contributed by atoms with van der Waals surface area (Å²) in [6.45, 7) is 13.6. The van der Waals surface area contributed by atoms with Gasteiger partial charge in [0.25, 0.3) is 11.8 Å². The third-order valence-corrected chi connectivity index (χ3v) is 12.0. The zero-order valence-corrected chi connectivity index (χ0v) is 40.0. The molecule has 0 bridgehead atoms. The van der Waals surface area contributed by atoms with E-state index in [2.05, 4.69) is 27.5 Å². The van der Waals surface area contributed by atoms with Gasteiger partial charge in [-0.2, -0.15) is 0 Å². The van der Waals surface area contributed by atoms with Crippen molar-refractivity contribution in [1.82, 2.24) is 30.4 Å². The lowest BCUT2D eigenvalue weighted by atomic mass is 9.92. The monoisotopic (exact) mass is 918 g/mol. The Morgan fingerprint density at radius 1 is 0.662 bits per heavy atom. The van der Waals surface area contributed by atoms with E-state index in [4.69, 9.17) is 14.5 Å². The SMILES string of the molecule is C[C@H](CC(=O)C1CCCN1C(=O)[C@H](NC(=O)OC(C)(C)C)c1ccccc1)c1ccc(C#Cc2ccc(-c3cnc(C4CCCN4C(=O)[C@H](NC(=O)OC(C)(C)C)c4ccccc4)[nH]3)cc2)cc1.